The Bertz CT molecular complexity index is 872. The third kappa shape index (κ3) is 4.38. The molecule has 1 heterocycles. The van der Waals surface area contributed by atoms with Crippen LogP contribution in [0.5, 0.6) is 0 Å². The average Bonchev–Trinajstić information content (AvgIpc) is 3.00. The zero-order chi connectivity index (χ0) is 19.5. The standard InChI is InChI=1S/C16H17F3N4O2S/c1-3-11(9-21-4-2)15-22-14(16(17,18)19)10-23(15)12-5-7-13(8-6-12)26(20,24)25/h3-9,14H,1,10H2,2H3,(H2,20,24,25)/b11-9+,21-4?. The Morgan fingerprint density at radius 2 is 2.00 bits per heavy atom. The van der Waals surface area contributed by atoms with Gasteiger partial charge in [-0.1, -0.05) is 12.7 Å². The molecule has 0 saturated heterocycles. The van der Waals surface area contributed by atoms with E-state index in [-0.39, 0.29) is 10.7 Å². The SMILES string of the molecule is C=C/C(=C\N=CC)C1=NC(C(F)(F)F)CN1c1ccc(S(N)(=O)=O)cc1. The minimum atomic E-state index is -4.51. The van der Waals surface area contributed by atoms with Crippen molar-refractivity contribution >= 4 is 27.8 Å². The number of aliphatic imine (C=N–C) groups is 2. The molecule has 1 aliphatic rings. The first-order valence-corrected chi connectivity index (χ1v) is 8.98. The van der Waals surface area contributed by atoms with Crippen LogP contribution in [0, 0.1) is 0 Å². The molecule has 0 amide bonds. The molecular formula is C16H17F3N4O2S. The highest BCUT2D eigenvalue weighted by atomic mass is 32.2. The Balaban J connectivity index is 2.48. The second kappa shape index (κ2) is 7.42. The molecule has 0 saturated carbocycles. The number of hydrogen-bond acceptors (Lipinski definition) is 5. The molecule has 0 aliphatic carbocycles. The maximum atomic E-state index is 13.2. The lowest BCUT2D eigenvalue weighted by Gasteiger charge is -2.22. The van der Waals surface area contributed by atoms with Crippen molar-refractivity contribution in [1.29, 1.82) is 0 Å². The van der Waals surface area contributed by atoms with Gasteiger partial charge in [0.2, 0.25) is 10.0 Å². The van der Waals surface area contributed by atoms with Crippen molar-refractivity contribution in [2.45, 2.75) is 24.0 Å². The summed E-state index contributed by atoms with van der Waals surface area (Å²) in [6, 6.07) is 3.29. The van der Waals surface area contributed by atoms with Crippen molar-refractivity contribution in [2.75, 3.05) is 11.4 Å². The van der Waals surface area contributed by atoms with Gasteiger partial charge in [0.1, 0.15) is 5.84 Å². The second-order valence-electron chi connectivity index (χ2n) is 5.36. The molecule has 6 nitrogen and oxygen atoms in total. The topological polar surface area (TPSA) is 88.1 Å². The van der Waals surface area contributed by atoms with Gasteiger partial charge >= 0.3 is 6.18 Å². The molecule has 0 fully saturated rings. The normalized spacial score (nSPS) is 19.1. The summed E-state index contributed by atoms with van der Waals surface area (Å²) in [5.41, 5.74) is 0.654. The lowest BCUT2D eigenvalue weighted by Crippen LogP contribution is -2.35. The summed E-state index contributed by atoms with van der Waals surface area (Å²) >= 11 is 0. The molecule has 1 aliphatic heterocycles. The van der Waals surface area contributed by atoms with Crippen molar-refractivity contribution < 1.29 is 21.6 Å². The van der Waals surface area contributed by atoms with Gasteiger partial charge in [-0.2, -0.15) is 13.2 Å². The molecule has 26 heavy (non-hydrogen) atoms. The summed E-state index contributed by atoms with van der Waals surface area (Å²) in [7, 11) is -3.90. The molecule has 0 radical (unpaired) electrons. The van der Waals surface area contributed by atoms with E-state index in [1.54, 1.807) is 6.92 Å². The average molecular weight is 386 g/mol. The molecule has 140 valence electrons. The number of alkyl halides is 3. The van der Waals surface area contributed by atoms with Gasteiger partial charge in [0.05, 0.1) is 11.4 Å². The van der Waals surface area contributed by atoms with E-state index in [2.05, 4.69) is 16.6 Å². The third-order valence-electron chi connectivity index (χ3n) is 3.58. The molecule has 10 heteroatoms. The number of nitrogens with zero attached hydrogens (tertiary/aromatic N) is 3. The van der Waals surface area contributed by atoms with E-state index < -0.39 is 28.8 Å². The largest absolute Gasteiger partial charge is 0.412 e. The molecule has 2 N–H and O–H groups in total. The van der Waals surface area contributed by atoms with Crippen molar-refractivity contribution in [3.8, 4) is 0 Å². The number of anilines is 1. The summed E-state index contributed by atoms with van der Waals surface area (Å²) in [5.74, 6) is 0.0521. The van der Waals surface area contributed by atoms with E-state index in [0.29, 0.717) is 11.3 Å². The van der Waals surface area contributed by atoms with Crippen LogP contribution in [-0.2, 0) is 10.0 Å². The molecule has 2 rings (SSSR count). The molecular weight excluding hydrogens is 369 g/mol. The lowest BCUT2D eigenvalue weighted by atomic mass is 10.2. The van der Waals surface area contributed by atoms with Gasteiger partial charge < -0.3 is 4.90 Å². The van der Waals surface area contributed by atoms with E-state index in [9.17, 15) is 21.6 Å². The van der Waals surface area contributed by atoms with Gasteiger partial charge in [-0.3, -0.25) is 9.98 Å². The minimum Gasteiger partial charge on any atom is -0.324 e. The van der Waals surface area contributed by atoms with Gasteiger partial charge in [-0.05, 0) is 31.2 Å². The molecule has 0 aromatic heterocycles. The fourth-order valence-corrected chi connectivity index (χ4v) is 2.84. The highest BCUT2D eigenvalue weighted by molar-refractivity contribution is 7.89. The summed E-state index contributed by atoms with van der Waals surface area (Å²) in [6.45, 7) is 4.82. The van der Waals surface area contributed by atoms with Crippen LogP contribution in [0.4, 0.5) is 18.9 Å². The minimum absolute atomic E-state index is 0.0521. The van der Waals surface area contributed by atoms with Crippen LogP contribution in [0.25, 0.3) is 0 Å². The predicted molar refractivity (Wildman–Crippen MR) is 94.9 cm³/mol. The summed E-state index contributed by atoms with van der Waals surface area (Å²) in [5, 5.41) is 5.04. The quantitative estimate of drug-likeness (QED) is 0.623. The Morgan fingerprint density at radius 3 is 2.46 bits per heavy atom. The maximum Gasteiger partial charge on any atom is 0.412 e. The Kier molecular flexibility index (Phi) is 5.67. The first-order valence-electron chi connectivity index (χ1n) is 7.43. The Labute approximate surface area is 149 Å². The van der Waals surface area contributed by atoms with Crippen molar-refractivity contribution in [2.24, 2.45) is 15.1 Å². The van der Waals surface area contributed by atoms with Crippen LogP contribution in [0.2, 0.25) is 0 Å². The highest BCUT2D eigenvalue weighted by Gasteiger charge is 2.45. The van der Waals surface area contributed by atoms with Crippen LogP contribution in [0.1, 0.15) is 6.92 Å². The number of benzene rings is 1. The number of hydrogen-bond donors (Lipinski definition) is 1. The summed E-state index contributed by atoms with van der Waals surface area (Å²) in [6.07, 6.45) is -0.321. The summed E-state index contributed by atoms with van der Waals surface area (Å²) in [4.78, 5) is 8.88. The van der Waals surface area contributed by atoms with Crippen molar-refractivity contribution in [3.63, 3.8) is 0 Å². The van der Waals surface area contributed by atoms with Crippen molar-refractivity contribution in [3.05, 3.63) is 48.7 Å². The molecule has 0 spiro atoms. The van der Waals surface area contributed by atoms with E-state index in [1.165, 1.54) is 47.7 Å². The fourth-order valence-electron chi connectivity index (χ4n) is 2.32. The monoisotopic (exact) mass is 386 g/mol. The van der Waals surface area contributed by atoms with Gasteiger partial charge in [-0.15, -0.1) is 0 Å². The number of nitrogens with two attached hydrogens (primary N) is 1. The maximum absolute atomic E-state index is 13.2. The lowest BCUT2D eigenvalue weighted by molar-refractivity contribution is -0.142. The molecule has 1 unspecified atom stereocenters. The third-order valence-corrected chi connectivity index (χ3v) is 4.51. The smallest absolute Gasteiger partial charge is 0.324 e. The highest BCUT2D eigenvalue weighted by Crippen LogP contribution is 2.32. The first kappa shape index (κ1) is 19.9. The van der Waals surface area contributed by atoms with Crippen LogP contribution in [-0.4, -0.2) is 39.2 Å². The van der Waals surface area contributed by atoms with E-state index in [1.807, 2.05) is 0 Å². The van der Waals surface area contributed by atoms with Gasteiger partial charge in [0.15, 0.2) is 6.04 Å². The molecule has 0 bridgehead atoms. The second-order valence-corrected chi connectivity index (χ2v) is 6.92. The van der Waals surface area contributed by atoms with Crippen LogP contribution >= 0.6 is 0 Å². The number of halogens is 3. The summed E-state index contributed by atoms with van der Waals surface area (Å²) < 4.78 is 62.2. The van der Waals surface area contributed by atoms with E-state index in [0.717, 1.165) is 0 Å². The van der Waals surface area contributed by atoms with Crippen LogP contribution in [0.3, 0.4) is 0 Å². The molecule has 1 aromatic rings. The molecule has 1 aromatic carbocycles. The Morgan fingerprint density at radius 1 is 1.38 bits per heavy atom. The predicted octanol–water partition coefficient (Wildman–Crippen LogP) is 2.64. The van der Waals surface area contributed by atoms with E-state index >= 15 is 0 Å². The zero-order valence-corrected chi connectivity index (χ0v) is 14.6. The van der Waals surface area contributed by atoms with Crippen LogP contribution in [0.15, 0.2) is 63.6 Å². The Hall–Kier alpha value is -2.46. The van der Waals surface area contributed by atoms with Gasteiger partial charge in [0, 0.05) is 23.7 Å². The fraction of sp³-hybridized carbons (Fsp3) is 0.250. The molecule has 1 atom stereocenters. The first-order chi connectivity index (χ1) is 12.1. The van der Waals surface area contributed by atoms with Crippen LogP contribution < -0.4 is 10.0 Å². The van der Waals surface area contributed by atoms with Gasteiger partial charge in [0.25, 0.3) is 0 Å². The van der Waals surface area contributed by atoms with Gasteiger partial charge in [-0.25, -0.2) is 13.6 Å². The van der Waals surface area contributed by atoms with Crippen molar-refractivity contribution in [1.82, 2.24) is 0 Å². The van der Waals surface area contributed by atoms with E-state index in [4.69, 9.17) is 5.14 Å². The number of sulfonamides is 1. The zero-order valence-electron chi connectivity index (χ0n) is 13.8. The number of primary sulfonamides is 1. The number of rotatable bonds is 5. The number of amidine groups is 1.